The SMILES string of the molecule is CC(C)c1ccccc1-n1c(SCC(=O)NC(N)=O)nc2ccccc2c1=O. The van der Waals surface area contributed by atoms with Crippen LogP contribution >= 0.6 is 11.8 Å². The summed E-state index contributed by atoms with van der Waals surface area (Å²) < 4.78 is 1.53. The van der Waals surface area contributed by atoms with Crippen molar-refractivity contribution in [3.8, 4) is 5.69 Å². The molecular formula is C20H20N4O3S. The molecule has 0 aliphatic carbocycles. The number of urea groups is 1. The lowest BCUT2D eigenvalue weighted by Gasteiger charge is -2.18. The topological polar surface area (TPSA) is 107 Å². The average molecular weight is 396 g/mol. The van der Waals surface area contributed by atoms with Gasteiger partial charge in [0.2, 0.25) is 5.91 Å². The fourth-order valence-corrected chi connectivity index (χ4v) is 3.71. The Kier molecular flexibility index (Phi) is 5.79. The lowest BCUT2D eigenvalue weighted by atomic mass is 10.0. The van der Waals surface area contributed by atoms with E-state index in [1.165, 1.54) is 4.57 Å². The van der Waals surface area contributed by atoms with E-state index in [-0.39, 0.29) is 17.2 Å². The molecule has 3 aromatic rings. The highest BCUT2D eigenvalue weighted by molar-refractivity contribution is 7.99. The van der Waals surface area contributed by atoms with Gasteiger partial charge >= 0.3 is 6.03 Å². The standard InChI is InChI=1S/C20H20N4O3S/c1-12(2)13-7-4-6-10-16(13)24-18(26)14-8-3-5-9-15(14)22-20(24)28-11-17(25)23-19(21)27/h3-10,12H,11H2,1-2H3,(H3,21,23,25,27). The molecule has 0 unspecified atom stereocenters. The minimum Gasteiger partial charge on any atom is -0.351 e. The Balaban J connectivity index is 2.17. The van der Waals surface area contributed by atoms with Crippen LogP contribution in [0, 0.1) is 0 Å². The van der Waals surface area contributed by atoms with Crippen molar-refractivity contribution in [2.75, 3.05) is 5.75 Å². The first-order valence-corrected chi connectivity index (χ1v) is 9.70. The maximum atomic E-state index is 13.3. The molecule has 8 heteroatoms. The van der Waals surface area contributed by atoms with Gasteiger partial charge in [-0.15, -0.1) is 0 Å². The Labute approximate surface area is 166 Å². The Bertz CT molecular complexity index is 1110. The van der Waals surface area contributed by atoms with E-state index >= 15 is 0 Å². The predicted molar refractivity (Wildman–Crippen MR) is 110 cm³/mol. The summed E-state index contributed by atoms with van der Waals surface area (Å²) in [7, 11) is 0. The highest BCUT2D eigenvalue weighted by Gasteiger charge is 2.18. The first-order valence-electron chi connectivity index (χ1n) is 8.71. The number of nitrogens with one attached hydrogen (secondary N) is 1. The molecule has 1 heterocycles. The zero-order valence-electron chi connectivity index (χ0n) is 15.5. The molecule has 2 aromatic carbocycles. The molecule has 3 rings (SSSR count). The molecule has 0 aliphatic rings. The molecule has 7 nitrogen and oxygen atoms in total. The van der Waals surface area contributed by atoms with Crippen molar-refractivity contribution in [2.24, 2.45) is 5.73 Å². The van der Waals surface area contributed by atoms with E-state index < -0.39 is 11.9 Å². The number of thioether (sulfide) groups is 1. The number of fused-ring (bicyclic) bond motifs is 1. The van der Waals surface area contributed by atoms with Crippen LogP contribution in [0.1, 0.15) is 25.3 Å². The molecule has 0 saturated heterocycles. The van der Waals surface area contributed by atoms with Crippen molar-refractivity contribution < 1.29 is 9.59 Å². The molecular weight excluding hydrogens is 376 g/mol. The molecule has 3 N–H and O–H groups in total. The third-order valence-corrected chi connectivity index (χ3v) is 5.08. The van der Waals surface area contributed by atoms with Crippen molar-refractivity contribution in [3.63, 3.8) is 0 Å². The van der Waals surface area contributed by atoms with Gasteiger partial charge < -0.3 is 5.73 Å². The van der Waals surface area contributed by atoms with Gasteiger partial charge in [-0.25, -0.2) is 9.78 Å². The normalized spacial score (nSPS) is 11.0. The lowest BCUT2D eigenvalue weighted by Crippen LogP contribution is -2.36. The van der Waals surface area contributed by atoms with Crippen LogP contribution in [0.3, 0.4) is 0 Å². The van der Waals surface area contributed by atoms with E-state index in [0.29, 0.717) is 16.1 Å². The number of para-hydroxylation sites is 2. The second-order valence-corrected chi connectivity index (χ2v) is 7.41. The number of hydrogen-bond donors (Lipinski definition) is 2. The quantitative estimate of drug-likeness (QED) is 0.509. The fraction of sp³-hybridized carbons (Fsp3) is 0.200. The molecule has 28 heavy (non-hydrogen) atoms. The summed E-state index contributed by atoms with van der Waals surface area (Å²) in [4.78, 5) is 40.6. The van der Waals surface area contributed by atoms with E-state index in [4.69, 9.17) is 5.73 Å². The minimum atomic E-state index is -0.917. The summed E-state index contributed by atoms with van der Waals surface area (Å²) in [5.41, 5.74) is 7.03. The van der Waals surface area contributed by atoms with Crippen molar-refractivity contribution in [1.82, 2.24) is 14.9 Å². The first kappa shape index (κ1) is 19.6. The van der Waals surface area contributed by atoms with Gasteiger partial charge in [-0.05, 0) is 29.7 Å². The number of carbonyl (C=O) groups excluding carboxylic acids is 2. The van der Waals surface area contributed by atoms with Gasteiger partial charge in [0.15, 0.2) is 5.16 Å². The van der Waals surface area contributed by atoms with Crippen LogP contribution in [-0.2, 0) is 4.79 Å². The molecule has 1 aromatic heterocycles. The van der Waals surface area contributed by atoms with Crippen LogP contribution in [0.4, 0.5) is 4.79 Å². The summed E-state index contributed by atoms with van der Waals surface area (Å²) in [5, 5.41) is 2.88. The van der Waals surface area contributed by atoms with Crippen molar-refractivity contribution in [3.05, 3.63) is 64.4 Å². The van der Waals surface area contributed by atoms with Gasteiger partial charge in [0.25, 0.3) is 5.56 Å². The van der Waals surface area contributed by atoms with Crippen LogP contribution in [0.2, 0.25) is 0 Å². The number of primary amides is 1. The highest BCUT2D eigenvalue weighted by atomic mass is 32.2. The van der Waals surface area contributed by atoms with Gasteiger partial charge in [0.05, 0.1) is 22.3 Å². The molecule has 0 spiro atoms. The number of rotatable bonds is 5. The number of nitrogens with zero attached hydrogens (tertiary/aromatic N) is 2. The molecule has 0 radical (unpaired) electrons. The zero-order chi connectivity index (χ0) is 20.3. The van der Waals surface area contributed by atoms with E-state index in [0.717, 1.165) is 23.0 Å². The van der Waals surface area contributed by atoms with Gasteiger partial charge in [-0.1, -0.05) is 55.9 Å². The monoisotopic (exact) mass is 396 g/mol. The molecule has 0 saturated carbocycles. The molecule has 0 atom stereocenters. The number of benzene rings is 2. The van der Waals surface area contributed by atoms with Crippen molar-refractivity contribution in [1.29, 1.82) is 0 Å². The van der Waals surface area contributed by atoms with Gasteiger partial charge in [0.1, 0.15) is 0 Å². The number of aromatic nitrogens is 2. The zero-order valence-corrected chi connectivity index (χ0v) is 16.3. The largest absolute Gasteiger partial charge is 0.351 e. The number of amides is 3. The Morgan fingerprint density at radius 2 is 1.82 bits per heavy atom. The summed E-state index contributed by atoms with van der Waals surface area (Å²) in [6.45, 7) is 4.09. The highest BCUT2D eigenvalue weighted by Crippen LogP contribution is 2.26. The summed E-state index contributed by atoms with van der Waals surface area (Å²) in [6, 6.07) is 13.8. The summed E-state index contributed by atoms with van der Waals surface area (Å²) in [6.07, 6.45) is 0. The molecule has 0 aliphatic heterocycles. The van der Waals surface area contributed by atoms with Crippen molar-refractivity contribution >= 4 is 34.6 Å². The second-order valence-electron chi connectivity index (χ2n) is 6.47. The van der Waals surface area contributed by atoms with Gasteiger partial charge in [-0.3, -0.25) is 19.5 Å². The van der Waals surface area contributed by atoms with Crippen LogP contribution in [0.25, 0.3) is 16.6 Å². The maximum absolute atomic E-state index is 13.3. The summed E-state index contributed by atoms with van der Waals surface area (Å²) >= 11 is 1.07. The molecule has 0 bridgehead atoms. The van der Waals surface area contributed by atoms with Crippen LogP contribution in [0.5, 0.6) is 0 Å². The van der Waals surface area contributed by atoms with E-state index in [1.807, 2.05) is 43.4 Å². The fourth-order valence-electron chi connectivity index (χ4n) is 2.90. The number of carbonyl (C=O) groups is 2. The van der Waals surface area contributed by atoms with E-state index in [9.17, 15) is 14.4 Å². The van der Waals surface area contributed by atoms with Crippen LogP contribution < -0.4 is 16.6 Å². The third-order valence-electron chi connectivity index (χ3n) is 4.14. The molecule has 144 valence electrons. The first-order chi connectivity index (χ1) is 13.4. The van der Waals surface area contributed by atoms with Crippen molar-refractivity contribution in [2.45, 2.75) is 24.9 Å². The van der Waals surface area contributed by atoms with Crippen LogP contribution in [-0.4, -0.2) is 27.2 Å². The third kappa shape index (κ3) is 4.07. The van der Waals surface area contributed by atoms with E-state index in [1.54, 1.807) is 24.3 Å². The van der Waals surface area contributed by atoms with Crippen LogP contribution in [0.15, 0.2) is 58.5 Å². The Morgan fingerprint density at radius 1 is 1.14 bits per heavy atom. The van der Waals surface area contributed by atoms with Gasteiger partial charge in [0, 0.05) is 0 Å². The minimum absolute atomic E-state index is 0.0996. The maximum Gasteiger partial charge on any atom is 0.318 e. The average Bonchev–Trinajstić information content (AvgIpc) is 2.66. The number of nitrogens with two attached hydrogens (primary N) is 1. The predicted octanol–water partition coefficient (Wildman–Crippen LogP) is 2.80. The second kappa shape index (κ2) is 8.26. The Hall–Kier alpha value is -3.13. The lowest BCUT2D eigenvalue weighted by molar-refractivity contribution is -0.117. The number of imide groups is 1. The summed E-state index contributed by atoms with van der Waals surface area (Å²) in [5.74, 6) is -0.466. The number of hydrogen-bond acceptors (Lipinski definition) is 5. The van der Waals surface area contributed by atoms with E-state index in [2.05, 4.69) is 4.98 Å². The Morgan fingerprint density at radius 3 is 2.54 bits per heavy atom. The smallest absolute Gasteiger partial charge is 0.318 e. The van der Waals surface area contributed by atoms with Gasteiger partial charge in [-0.2, -0.15) is 0 Å². The molecule has 0 fully saturated rings. The molecule has 3 amide bonds.